The minimum Gasteiger partial charge on any atom is -0.384 e. The molecular weight excluding hydrogens is 305 g/mol. The Labute approximate surface area is 125 Å². The van der Waals surface area contributed by atoms with Crippen molar-refractivity contribution in [3.05, 3.63) is 35.2 Å². The van der Waals surface area contributed by atoms with Gasteiger partial charge in [-0.25, -0.2) is 13.2 Å². The predicted octanol–water partition coefficient (Wildman–Crippen LogP) is 4.11. The number of ether oxygens (including phenoxy) is 1. The zero-order chi connectivity index (χ0) is 15.2. The van der Waals surface area contributed by atoms with Gasteiger partial charge in [0.2, 0.25) is 0 Å². The van der Waals surface area contributed by atoms with Gasteiger partial charge in [0.1, 0.15) is 12.4 Å². The molecule has 0 aliphatic heterocycles. The van der Waals surface area contributed by atoms with E-state index in [9.17, 15) is 13.2 Å². The number of rotatable bonds is 7. The first-order chi connectivity index (χ1) is 10.1. The molecule has 0 fully saturated rings. The number of aromatic nitrogens is 1. The van der Waals surface area contributed by atoms with Crippen LogP contribution in [0.3, 0.4) is 0 Å². The first kappa shape index (κ1) is 15.9. The molecule has 1 N–H and O–H groups in total. The van der Waals surface area contributed by atoms with Crippen molar-refractivity contribution in [2.45, 2.75) is 12.8 Å². The molecule has 114 valence electrons. The molecule has 0 aliphatic rings. The van der Waals surface area contributed by atoms with Crippen LogP contribution in [0.1, 0.15) is 6.42 Å². The molecule has 3 nitrogen and oxygen atoms in total. The number of halogens is 4. The summed E-state index contributed by atoms with van der Waals surface area (Å²) in [4.78, 5) is 4.07. The van der Waals surface area contributed by atoms with Crippen LogP contribution in [-0.2, 0) is 4.74 Å². The fourth-order valence-electron chi connectivity index (χ4n) is 1.86. The van der Waals surface area contributed by atoms with E-state index >= 15 is 0 Å². The minimum atomic E-state index is -2.45. The Morgan fingerprint density at radius 1 is 1.33 bits per heavy atom. The summed E-state index contributed by atoms with van der Waals surface area (Å²) in [5.74, 6) is -0.519. The van der Waals surface area contributed by atoms with Gasteiger partial charge in [0.15, 0.2) is 0 Å². The van der Waals surface area contributed by atoms with Crippen LogP contribution in [0.4, 0.5) is 18.9 Å². The van der Waals surface area contributed by atoms with Gasteiger partial charge < -0.3 is 10.1 Å². The average Bonchev–Trinajstić information content (AvgIpc) is 2.44. The fraction of sp³-hybridized carbons (Fsp3) is 0.357. The molecule has 2 aromatic rings. The second kappa shape index (κ2) is 7.47. The molecule has 0 saturated carbocycles. The highest BCUT2D eigenvalue weighted by Crippen LogP contribution is 2.27. The second-order valence-corrected chi connectivity index (χ2v) is 4.80. The normalized spacial score (nSPS) is 11.3. The third-order valence-corrected chi connectivity index (χ3v) is 3.10. The van der Waals surface area contributed by atoms with E-state index < -0.39 is 18.8 Å². The molecule has 0 bridgehead atoms. The van der Waals surface area contributed by atoms with Gasteiger partial charge in [0.05, 0.1) is 10.5 Å². The summed E-state index contributed by atoms with van der Waals surface area (Å²) in [6.07, 6.45) is -0.310. The molecule has 1 heterocycles. The summed E-state index contributed by atoms with van der Waals surface area (Å²) in [5.41, 5.74) is 1.26. The number of anilines is 1. The summed E-state index contributed by atoms with van der Waals surface area (Å²) in [6, 6.07) is 4.53. The highest BCUT2D eigenvalue weighted by atomic mass is 35.5. The highest BCUT2D eigenvalue weighted by Gasteiger charge is 2.07. The largest absolute Gasteiger partial charge is 0.384 e. The lowest BCUT2D eigenvalue weighted by molar-refractivity contribution is 0.0175. The van der Waals surface area contributed by atoms with Crippen molar-refractivity contribution in [2.24, 2.45) is 0 Å². The maximum Gasteiger partial charge on any atom is 0.261 e. The number of alkyl halides is 2. The molecule has 2 rings (SSSR count). The SMILES string of the molecule is Fc1cc2nccc(NCCCOCC(F)F)c2cc1Cl. The fourth-order valence-corrected chi connectivity index (χ4v) is 2.03. The van der Waals surface area contributed by atoms with Crippen molar-refractivity contribution < 1.29 is 17.9 Å². The molecule has 0 amide bonds. The molecule has 0 radical (unpaired) electrons. The summed E-state index contributed by atoms with van der Waals surface area (Å²) in [5, 5.41) is 3.87. The zero-order valence-electron chi connectivity index (χ0n) is 11.1. The number of fused-ring (bicyclic) bond motifs is 1. The van der Waals surface area contributed by atoms with Gasteiger partial charge in [-0.1, -0.05) is 11.6 Å². The van der Waals surface area contributed by atoms with Crippen molar-refractivity contribution in [3.63, 3.8) is 0 Å². The third-order valence-electron chi connectivity index (χ3n) is 2.81. The molecule has 0 saturated heterocycles. The smallest absolute Gasteiger partial charge is 0.261 e. The maximum atomic E-state index is 13.4. The van der Waals surface area contributed by atoms with Crippen molar-refractivity contribution in [1.82, 2.24) is 4.98 Å². The van der Waals surface area contributed by atoms with Crippen molar-refractivity contribution in [1.29, 1.82) is 0 Å². The third kappa shape index (κ3) is 4.47. The monoisotopic (exact) mass is 318 g/mol. The number of hydrogen-bond donors (Lipinski definition) is 1. The van der Waals surface area contributed by atoms with E-state index in [4.69, 9.17) is 16.3 Å². The van der Waals surface area contributed by atoms with E-state index in [-0.39, 0.29) is 11.6 Å². The van der Waals surface area contributed by atoms with Crippen molar-refractivity contribution in [3.8, 4) is 0 Å². The molecule has 1 aromatic carbocycles. The van der Waals surface area contributed by atoms with Crippen LogP contribution in [0.15, 0.2) is 24.4 Å². The van der Waals surface area contributed by atoms with Crippen molar-refractivity contribution >= 4 is 28.2 Å². The van der Waals surface area contributed by atoms with E-state index in [1.165, 1.54) is 12.1 Å². The van der Waals surface area contributed by atoms with E-state index in [0.717, 1.165) is 5.69 Å². The van der Waals surface area contributed by atoms with Crippen molar-refractivity contribution in [2.75, 3.05) is 25.1 Å². The Balaban J connectivity index is 1.94. The molecule has 1 aromatic heterocycles. The second-order valence-electron chi connectivity index (χ2n) is 4.39. The number of nitrogens with one attached hydrogen (secondary N) is 1. The van der Waals surface area contributed by atoms with E-state index in [0.29, 0.717) is 23.9 Å². The Bertz CT molecular complexity index is 610. The van der Waals surface area contributed by atoms with E-state index in [1.54, 1.807) is 12.3 Å². The van der Waals surface area contributed by atoms with Gasteiger partial charge in [0, 0.05) is 36.5 Å². The topological polar surface area (TPSA) is 34.2 Å². The predicted molar refractivity (Wildman–Crippen MR) is 76.6 cm³/mol. The number of nitrogens with zero attached hydrogens (tertiary/aromatic N) is 1. The highest BCUT2D eigenvalue weighted by molar-refractivity contribution is 6.31. The van der Waals surface area contributed by atoms with Crippen LogP contribution < -0.4 is 5.32 Å². The lowest BCUT2D eigenvalue weighted by Crippen LogP contribution is -2.09. The van der Waals surface area contributed by atoms with Crippen LogP contribution in [0, 0.1) is 5.82 Å². The van der Waals surface area contributed by atoms with Gasteiger partial charge in [0.25, 0.3) is 6.43 Å². The Morgan fingerprint density at radius 3 is 2.90 bits per heavy atom. The summed E-state index contributed by atoms with van der Waals surface area (Å²) < 4.78 is 41.9. The molecule has 0 unspecified atom stereocenters. The average molecular weight is 319 g/mol. The summed E-state index contributed by atoms with van der Waals surface area (Å²) >= 11 is 5.77. The molecular formula is C14H14ClF3N2O. The standard InChI is InChI=1S/C14H14ClF3N2O/c15-10-6-9-12(2-4-20-13(9)7-11(10)16)19-3-1-5-21-8-14(17)18/h2,4,6-7,14H,1,3,5,8H2,(H,19,20). The Kier molecular flexibility index (Phi) is 5.64. The van der Waals surface area contributed by atoms with Crippen LogP contribution in [0.5, 0.6) is 0 Å². The van der Waals surface area contributed by atoms with Crippen LogP contribution in [0.2, 0.25) is 5.02 Å². The quantitative estimate of drug-likeness (QED) is 0.780. The van der Waals surface area contributed by atoms with Gasteiger partial charge in [-0.3, -0.25) is 4.98 Å². The Hall–Kier alpha value is -1.53. The van der Waals surface area contributed by atoms with Gasteiger partial charge in [-0.15, -0.1) is 0 Å². The van der Waals surface area contributed by atoms with E-state index in [2.05, 4.69) is 10.3 Å². The molecule has 0 spiro atoms. The number of hydrogen-bond acceptors (Lipinski definition) is 3. The summed E-state index contributed by atoms with van der Waals surface area (Å²) in [7, 11) is 0. The zero-order valence-corrected chi connectivity index (χ0v) is 11.8. The first-order valence-corrected chi connectivity index (χ1v) is 6.79. The molecule has 0 atom stereocenters. The maximum absolute atomic E-state index is 13.4. The molecule has 0 aliphatic carbocycles. The molecule has 21 heavy (non-hydrogen) atoms. The molecule has 7 heteroatoms. The Morgan fingerprint density at radius 2 is 2.14 bits per heavy atom. The minimum absolute atomic E-state index is 0.0267. The lowest BCUT2D eigenvalue weighted by atomic mass is 10.2. The first-order valence-electron chi connectivity index (χ1n) is 6.41. The number of pyridine rings is 1. The van der Waals surface area contributed by atoms with Gasteiger partial charge in [-0.2, -0.15) is 0 Å². The van der Waals surface area contributed by atoms with Gasteiger partial charge in [-0.05, 0) is 18.6 Å². The summed E-state index contributed by atoms with van der Waals surface area (Å²) in [6.45, 7) is 0.236. The van der Waals surface area contributed by atoms with Gasteiger partial charge >= 0.3 is 0 Å². The van der Waals surface area contributed by atoms with Crippen LogP contribution in [-0.4, -0.2) is 31.2 Å². The van der Waals surface area contributed by atoms with E-state index in [1.807, 2.05) is 0 Å². The lowest BCUT2D eigenvalue weighted by Gasteiger charge is -2.10. The number of benzene rings is 1. The van der Waals surface area contributed by atoms with Crippen LogP contribution in [0.25, 0.3) is 10.9 Å². The van der Waals surface area contributed by atoms with Crippen LogP contribution >= 0.6 is 11.6 Å².